The number of ether oxygens (including phenoxy) is 1. The van der Waals surface area contributed by atoms with Crippen molar-refractivity contribution in [2.24, 2.45) is 5.92 Å². The molecule has 2 amide bonds. The second-order valence-corrected chi connectivity index (χ2v) is 9.23. The molecule has 32 heavy (non-hydrogen) atoms. The van der Waals surface area contributed by atoms with Crippen molar-refractivity contribution in [3.8, 4) is 0 Å². The van der Waals surface area contributed by atoms with Gasteiger partial charge in [-0.3, -0.25) is 23.7 Å². The zero-order chi connectivity index (χ0) is 23.3. The first-order valence-electron chi connectivity index (χ1n) is 11.0. The van der Waals surface area contributed by atoms with E-state index < -0.39 is 0 Å². The summed E-state index contributed by atoms with van der Waals surface area (Å²) >= 11 is 1.47. The SMILES string of the molecule is CCOC(=O)C1CCCN(C(=O)CCCNC(=O)Cn2cnc3sc(C)c(C)c3c2=O)C1. The molecule has 1 unspecified atom stereocenters. The highest BCUT2D eigenvalue weighted by Crippen LogP contribution is 2.25. The van der Waals surface area contributed by atoms with Crippen LogP contribution in [0.4, 0.5) is 0 Å². The molecule has 1 aliphatic heterocycles. The summed E-state index contributed by atoms with van der Waals surface area (Å²) in [6.07, 6.45) is 3.70. The number of esters is 1. The topological polar surface area (TPSA) is 111 Å². The molecule has 3 rings (SSSR count). The van der Waals surface area contributed by atoms with Crippen LogP contribution in [-0.4, -0.2) is 58.5 Å². The van der Waals surface area contributed by atoms with Gasteiger partial charge in [0.25, 0.3) is 5.56 Å². The lowest BCUT2D eigenvalue weighted by Gasteiger charge is -2.31. The van der Waals surface area contributed by atoms with Crippen molar-refractivity contribution < 1.29 is 19.1 Å². The van der Waals surface area contributed by atoms with E-state index in [0.29, 0.717) is 42.9 Å². The van der Waals surface area contributed by atoms with Gasteiger partial charge in [-0.15, -0.1) is 11.3 Å². The fraction of sp³-hybridized carbons (Fsp3) is 0.591. The minimum Gasteiger partial charge on any atom is -0.466 e. The number of fused-ring (bicyclic) bond motifs is 1. The van der Waals surface area contributed by atoms with E-state index in [1.165, 1.54) is 22.2 Å². The van der Waals surface area contributed by atoms with Gasteiger partial charge in [-0.1, -0.05) is 0 Å². The molecule has 0 aliphatic carbocycles. The molecule has 0 bridgehead atoms. The van der Waals surface area contributed by atoms with Crippen molar-refractivity contribution in [2.75, 3.05) is 26.2 Å². The van der Waals surface area contributed by atoms with Crippen LogP contribution in [-0.2, 0) is 25.7 Å². The standard InChI is InChI=1S/C22H30N4O5S/c1-4-31-22(30)16-7-6-10-25(11-16)18(28)8-5-9-23-17(27)12-26-13-24-20-19(21(26)29)14(2)15(3)32-20/h13,16H,4-12H2,1-3H3,(H,23,27). The summed E-state index contributed by atoms with van der Waals surface area (Å²) in [5, 5.41) is 3.33. The molecule has 0 saturated carbocycles. The number of nitrogens with zero attached hydrogens (tertiary/aromatic N) is 3. The monoisotopic (exact) mass is 462 g/mol. The molecule has 1 atom stereocenters. The summed E-state index contributed by atoms with van der Waals surface area (Å²) < 4.78 is 6.38. The van der Waals surface area contributed by atoms with Crippen molar-refractivity contribution in [2.45, 2.75) is 53.0 Å². The molecule has 2 aromatic heterocycles. The van der Waals surface area contributed by atoms with Crippen molar-refractivity contribution in [1.82, 2.24) is 19.8 Å². The number of likely N-dealkylation sites (tertiary alicyclic amines) is 1. The van der Waals surface area contributed by atoms with E-state index in [1.807, 2.05) is 13.8 Å². The highest BCUT2D eigenvalue weighted by Gasteiger charge is 2.29. The summed E-state index contributed by atoms with van der Waals surface area (Å²) in [6.45, 7) is 7.19. The molecule has 0 spiro atoms. The van der Waals surface area contributed by atoms with Gasteiger partial charge in [0, 0.05) is 30.9 Å². The lowest BCUT2D eigenvalue weighted by molar-refractivity contribution is -0.151. The maximum atomic E-state index is 12.7. The van der Waals surface area contributed by atoms with Gasteiger partial charge in [0.05, 0.1) is 24.2 Å². The molecule has 2 aromatic rings. The first-order valence-corrected chi connectivity index (χ1v) is 11.8. The van der Waals surface area contributed by atoms with Gasteiger partial charge in [-0.05, 0) is 45.6 Å². The predicted molar refractivity (Wildman–Crippen MR) is 122 cm³/mol. The normalized spacial score (nSPS) is 16.2. The van der Waals surface area contributed by atoms with Crippen LogP contribution in [0.15, 0.2) is 11.1 Å². The number of piperidine rings is 1. The van der Waals surface area contributed by atoms with Crippen LogP contribution in [0.1, 0.15) is 43.0 Å². The summed E-state index contributed by atoms with van der Waals surface area (Å²) in [5.74, 6) is -0.826. The molecular weight excluding hydrogens is 432 g/mol. The van der Waals surface area contributed by atoms with Crippen molar-refractivity contribution in [3.63, 3.8) is 0 Å². The van der Waals surface area contributed by atoms with E-state index in [2.05, 4.69) is 10.3 Å². The Hall–Kier alpha value is -2.75. The molecule has 174 valence electrons. The van der Waals surface area contributed by atoms with Crippen molar-refractivity contribution in [1.29, 1.82) is 0 Å². The summed E-state index contributed by atoms with van der Waals surface area (Å²) in [7, 11) is 0. The van der Waals surface area contributed by atoms with Crippen molar-refractivity contribution >= 4 is 39.3 Å². The van der Waals surface area contributed by atoms with Gasteiger partial charge in [0.1, 0.15) is 11.4 Å². The molecular formula is C22H30N4O5S. The number of hydrogen-bond acceptors (Lipinski definition) is 7. The van der Waals surface area contributed by atoms with Crippen LogP contribution < -0.4 is 10.9 Å². The maximum Gasteiger partial charge on any atom is 0.310 e. The smallest absolute Gasteiger partial charge is 0.310 e. The first kappa shape index (κ1) is 23.9. The largest absolute Gasteiger partial charge is 0.466 e. The van der Waals surface area contributed by atoms with Crippen molar-refractivity contribution in [3.05, 3.63) is 27.1 Å². The van der Waals surface area contributed by atoms with Gasteiger partial charge in [0.2, 0.25) is 11.8 Å². The van der Waals surface area contributed by atoms with E-state index in [0.717, 1.165) is 23.3 Å². The Morgan fingerprint density at radius 1 is 1.31 bits per heavy atom. The number of aryl methyl sites for hydroxylation is 2. The highest BCUT2D eigenvalue weighted by molar-refractivity contribution is 7.18. The summed E-state index contributed by atoms with van der Waals surface area (Å²) in [6, 6.07) is 0. The number of nitrogens with one attached hydrogen (secondary N) is 1. The third-order valence-electron chi connectivity index (χ3n) is 5.75. The summed E-state index contributed by atoms with van der Waals surface area (Å²) in [4.78, 5) is 57.1. The van der Waals surface area contributed by atoms with Gasteiger partial charge < -0.3 is 15.0 Å². The Morgan fingerprint density at radius 2 is 2.09 bits per heavy atom. The van der Waals surface area contributed by atoms with Crippen LogP contribution >= 0.6 is 11.3 Å². The third-order valence-corrected chi connectivity index (χ3v) is 6.87. The zero-order valence-corrected chi connectivity index (χ0v) is 19.6. The highest BCUT2D eigenvalue weighted by atomic mass is 32.1. The van der Waals surface area contributed by atoms with E-state index in [-0.39, 0.29) is 42.2 Å². The van der Waals surface area contributed by atoms with E-state index in [1.54, 1.807) is 11.8 Å². The Bertz CT molecular complexity index is 1060. The fourth-order valence-electron chi connectivity index (χ4n) is 3.87. The van der Waals surface area contributed by atoms with E-state index in [9.17, 15) is 19.2 Å². The third kappa shape index (κ3) is 5.53. The summed E-state index contributed by atoms with van der Waals surface area (Å²) in [5.41, 5.74) is 0.683. The number of aromatic nitrogens is 2. The van der Waals surface area contributed by atoms with Crippen LogP contribution in [0.3, 0.4) is 0 Å². The minimum absolute atomic E-state index is 0.0255. The predicted octanol–water partition coefficient (Wildman–Crippen LogP) is 1.77. The van der Waals surface area contributed by atoms with Gasteiger partial charge >= 0.3 is 5.97 Å². The van der Waals surface area contributed by atoms with Gasteiger partial charge in [0.15, 0.2) is 0 Å². The number of amides is 2. The molecule has 1 saturated heterocycles. The van der Waals surface area contributed by atoms with E-state index in [4.69, 9.17) is 4.74 Å². The maximum absolute atomic E-state index is 12.7. The minimum atomic E-state index is -0.300. The van der Waals surface area contributed by atoms with E-state index >= 15 is 0 Å². The molecule has 0 radical (unpaired) electrons. The molecule has 1 N–H and O–H groups in total. The Labute approximate surface area is 190 Å². The fourth-order valence-corrected chi connectivity index (χ4v) is 4.86. The quantitative estimate of drug-likeness (QED) is 0.473. The number of rotatable bonds is 8. The molecule has 1 fully saturated rings. The molecule has 9 nitrogen and oxygen atoms in total. The van der Waals surface area contributed by atoms with Gasteiger partial charge in [-0.25, -0.2) is 4.98 Å². The molecule has 3 heterocycles. The van der Waals surface area contributed by atoms with Crippen LogP contribution in [0.25, 0.3) is 10.2 Å². The Balaban J connectivity index is 1.44. The lowest BCUT2D eigenvalue weighted by atomic mass is 9.98. The van der Waals surface area contributed by atoms with Crippen LogP contribution in [0.2, 0.25) is 0 Å². The number of hydrogen-bond donors (Lipinski definition) is 1. The second-order valence-electron chi connectivity index (χ2n) is 8.03. The number of thiophene rings is 1. The molecule has 10 heteroatoms. The Morgan fingerprint density at radius 3 is 2.84 bits per heavy atom. The average Bonchev–Trinajstić information content (AvgIpc) is 3.07. The number of carbonyl (C=O) groups excluding carboxylic acids is 3. The molecule has 0 aromatic carbocycles. The van der Waals surface area contributed by atoms with Crippen LogP contribution in [0, 0.1) is 19.8 Å². The average molecular weight is 463 g/mol. The second kappa shape index (κ2) is 10.7. The first-order chi connectivity index (χ1) is 15.3. The zero-order valence-electron chi connectivity index (χ0n) is 18.8. The Kier molecular flexibility index (Phi) is 8.00. The number of carbonyl (C=O) groups is 3. The van der Waals surface area contributed by atoms with Gasteiger partial charge in [-0.2, -0.15) is 0 Å². The molecule has 1 aliphatic rings. The lowest BCUT2D eigenvalue weighted by Crippen LogP contribution is -2.43. The van der Waals surface area contributed by atoms with Crippen LogP contribution in [0.5, 0.6) is 0 Å².